The Kier molecular flexibility index (Phi) is 7.97. The molecule has 0 aromatic heterocycles. The van der Waals surface area contributed by atoms with Crippen molar-refractivity contribution < 1.29 is 28.6 Å². The molecule has 0 aliphatic heterocycles. The summed E-state index contributed by atoms with van der Waals surface area (Å²) in [5.74, 6) is -0.355. The lowest BCUT2D eigenvalue weighted by Crippen LogP contribution is -2.30. The first-order valence-electron chi connectivity index (χ1n) is 9.04. The van der Waals surface area contributed by atoms with Crippen LogP contribution >= 0.6 is 0 Å². The second-order valence-electron chi connectivity index (χ2n) is 6.29. The molecule has 2 aromatic carbocycles. The van der Waals surface area contributed by atoms with Crippen molar-refractivity contribution in [1.82, 2.24) is 5.32 Å². The first-order chi connectivity index (χ1) is 13.9. The topological polar surface area (TPSA) is 90.9 Å². The van der Waals surface area contributed by atoms with Crippen molar-refractivity contribution >= 4 is 17.8 Å². The van der Waals surface area contributed by atoms with Crippen LogP contribution in [0.2, 0.25) is 0 Å². The van der Waals surface area contributed by atoms with Gasteiger partial charge in [0.15, 0.2) is 0 Å². The maximum atomic E-state index is 12.3. The molecular weight excluding hydrogens is 374 g/mol. The number of esters is 2. The largest absolute Gasteiger partial charge is 0.490 e. The number of rotatable bonds is 9. The molecule has 0 bridgehead atoms. The molecule has 0 saturated heterocycles. The van der Waals surface area contributed by atoms with E-state index < -0.39 is 11.9 Å². The van der Waals surface area contributed by atoms with Crippen molar-refractivity contribution in [1.29, 1.82) is 0 Å². The molecule has 0 heterocycles. The Morgan fingerprint density at radius 3 is 2.10 bits per heavy atom. The molecule has 1 amide bonds. The number of hydrogen-bond acceptors (Lipinski definition) is 6. The van der Waals surface area contributed by atoms with E-state index in [1.54, 1.807) is 48.5 Å². The van der Waals surface area contributed by atoms with Gasteiger partial charge in [0, 0.05) is 17.7 Å². The van der Waals surface area contributed by atoms with Gasteiger partial charge in [-0.1, -0.05) is 6.58 Å². The summed E-state index contributed by atoms with van der Waals surface area (Å²) in [7, 11) is 0. The lowest BCUT2D eigenvalue weighted by atomic mass is 10.1. The molecule has 0 atom stereocenters. The highest BCUT2D eigenvalue weighted by Gasteiger charge is 2.11. The molecular formula is C22H23NO6. The quantitative estimate of drug-likeness (QED) is 0.303. The third-order valence-electron chi connectivity index (χ3n) is 3.60. The molecule has 7 heteroatoms. The zero-order chi connectivity index (χ0) is 21.2. The first-order valence-corrected chi connectivity index (χ1v) is 9.04. The highest BCUT2D eigenvalue weighted by atomic mass is 16.6. The SMILES string of the molecule is C=CC(=O)OCCOc1ccc(OC(=O)c2ccc(C(=O)NC(C)C)cc2)cc1. The summed E-state index contributed by atoms with van der Waals surface area (Å²) in [6.45, 7) is 7.34. The van der Waals surface area contributed by atoms with Gasteiger partial charge in [0.1, 0.15) is 24.7 Å². The fourth-order valence-corrected chi connectivity index (χ4v) is 2.23. The van der Waals surface area contributed by atoms with E-state index in [0.29, 0.717) is 22.6 Å². The van der Waals surface area contributed by atoms with E-state index in [1.165, 1.54) is 0 Å². The van der Waals surface area contributed by atoms with Gasteiger partial charge in [-0.3, -0.25) is 4.79 Å². The van der Waals surface area contributed by atoms with Crippen molar-refractivity contribution in [2.45, 2.75) is 19.9 Å². The van der Waals surface area contributed by atoms with Crippen molar-refractivity contribution in [3.63, 3.8) is 0 Å². The van der Waals surface area contributed by atoms with Crippen LogP contribution in [0, 0.1) is 0 Å². The molecule has 0 unspecified atom stereocenters. The van der Waals surface area contributed by atoms with Crippen LogP contribution in [0.3, 0.4) is 0 Å². The van der Waals surface area contributed by atoms with Crippen molar-refractivity contribution in [2.75, 3.05) is 13.2 Å². The Morgan fingerprint density at radius 1 is 0.931 bits per heavy atom. The second kappa shape index (κ2) is 10.7. The van der Waals surface area contributed by atoms with Gasteiger partial charge in [0.2, 0.25) is 0 Å². The standard InChI is InChI=1S/C22H23NO6/c1-4-20(24)28-14-13-27-18-9-11-19(12-10-18)29-22(26)17-7-5-16(6-8-17)21(25)23-15(2)3/h4-12,15H,1,13-14H2,2-3H3,(H,23,25). The zero-order valence-electron chi connectivity index (χ0n) is 16.3. The summed E-state index contributed by atoms with van der Waals surface area (Å²) in [5.41, 5.74) is 0.797. The number of carbonyl (C=O) groups is 3. The predicted octanol–water partition coefficient (Wildman–Crippen LogP) is 3.15. The monoisotopic (exact) mass is 397 g/mol. The molecule has 0 radical (unpaired) electrons. The number of ether oxygens (including phenoxy) is 3. The first kappa shape index (κ1) is 21.7. The molecule has 0 aliphatic rings. The van der Waals surface area contributed by atoms with Crippen LogP contribution in [-0.2, 0) is 9.53 Å². The Morgan fingerprint density at radius 2 is 1.52 bits per heavy atom. The highest BCUT2D eigenvalue weighted by Crippen LogP contribution is 2.19. The van der Waals surface area contributed by atoms with Gasteiger partial charge >= 0.3 is 11.9 Å². The van der Waals surface area contributed by atoms with Gasteiger partial charge < -0.3 is 19.5 Å². The summed E-state index contributed by atoms with van der Waals surface area (Å²) in [5, 5.41) is 2.78. The third kappa shape index (κ3) is 7.14. The van der Waals surface area contributed by atoms with Crippen LogP contribution in [-0.4, -0.2) is 37.1 Å². The number of amides is 1. The van der Waals surface area contributed by atoms with Gasteiger partial charge in [-0.05, 0) is 62.4 Å². The van der Waals surface area contributed by atoms with Gasteiger partial charge in [-0.2, -0.15) is 0 Å². The summed E-state index contributed by atoms with van der Waals surface area (Å²) >= 11 is 0. The number of benzene rings is 2. The maximum absolute atomic E-state index is 12.3. The van der Waals surface area contributed by atoms with E-state index in [-0.39, 0.29) is 25.2 Å². The van der Waals surface area contributed by atoms with E-state index >= 15 is 0 Å². The van der Waals surface area contributed by atoms with Crippen LogP contribution in [0.4, 0.5) is 0 Å². The third-order valence-corrected chi connectivity index (χ3v) is 3.60. The van der Waals surface area contributed by atoms with E-state index in [4.69, 9.17) is 14.2 Å². The maximum Gasteiger partial charge on any atom is 0.343 e. The minimum absolute atomic E-state index is 0.0289. The van der Waals surface area contributed by atoms with E-state index in [0.717, 1.165) is 6.08 Å². The molecule has 0 spiro atoms. The minimum atomic E-state index is -0.536. The number of hydrogen-bond donors (Lipinski definition) is 1. The zero-order valence-corrected chi connectivity index (χ0v) is 16.3. The molecule has 2 rings (SSSR count). The molecule has 0 aliphatic carbocycles. The summed E-state index contributed by atoms with van der Waals surface area (Å²) in [6.07, 6.45) is 1.08. The summed E-state index contributed by atoms with van der Waals surface area (Å²) in [6, 6.07) is 12.7. The molecule has 152 valence electrons. The van der Waals surface area contributed by atoms with E-state index in [1.807, 2.05) is 13.8 Å². The summed E-state index contributed by atoms with van der Waals surface area (Å²) < 4.78 is 15.5. The fourth-order valence-electron chi connectivity index (χ4n) is 2.23. The lowest BCUT2D eigenvalue weighted by Gasteiger charge is -2.09. The van der Waals surface area contributed by atoms with Crippen LogP contribution in [0.1, 0.15) is 34.6 Å². The second-order valence-corrected chi connectivity index (χ2v) is 6.29. The molecule has 1 N–H and O–H groups in total. The summed E-state index contributed by atoms with van der Waals surface area (Å²) in [4.78, 5) is 35.1. The van der Waals surface area contributed by atoms with Gasteiger partial charge in [0.25, 0.3) is 5.91 Å². The molecule has 0 saturated carbocycles. The van der Waals surface area contributed by atoms with Crippen molar-refractivity contribution in [2.24, 2.45) is 0 Å². The van der Waals surface area contributed by atoms with E-state index in [9.17, 15) is 14.4 Å². The van der Waals surface area contributed by atoms with Crippen LogP contribution in [0.15, 0.2) is 61.2 Å². The molecule has 0 fully saturated rings. The molecule has 29 heavy (non-hydrogen) atoms. The van der Waals surface area contributed by atoms with Gasteiger partial charge in [0.05, 0.1) is 5.56 Å². The normalized spacial score (nSPS) is 10.2. The predicted molar refractivity (Wildman–Crippen MR) is 107 cm³/mol. The molecule has 7 nitrogen and oxygen atoms in total. The highest BCUT2D eigenvalue weighted by molar-refractivity contribution is 5.96. The Bertz CT molecular complexity index is 856. The average molecular weight is 397 g/mol. The van der Waals surface area contributed by atoms with Crippen LogP contribution in [0.5, 0.6) is 11.5 Å². The smallest absolute Gasteiger partial charge is 0.343 e. The van der Waals surface area contributed by atoms with Gasteiger partial charge in [-0.15, -0.1) is 0 Å². The number of carbonyl (C=O) groups excluding carboxylic acids is 3. The Labute approximate surface area is 169 Å². The van der Waals surface area contributed by atoms with Crippen LogP contribution in [0.25, 0.3) is 0 Å². The molecule has 2 aromatic rings. The van der Waals surface area contributed by atoms with Gasteiger partial charge in [-0.25, -0.2) is 9.59 Å². The van der Waals surface area contributed by atoms with Crippen LogP contribution < -0.4 is 14.8 Å². The number of nitrogens with one attached hydrogen (secondary N) is 1. The van der Waals surface area contributed by atoms with E-state index in [2.05, 4.69) is 11.9 Å². The van der Waals surface area contributed by atoms with Crippen molar-refractivity contribution in [3.05, 3.63) is 72.3 Å². The Balaban J connectivity index is 1.86. The van der Waals surface area contributed by atoms with Crippen molar-refractivity contribution in [3.8, 4) is 11.5 Å². The fraction of sp³-hybridized carbons (Fsp3) is 0.227. The Hall–Kier alpha value is -3.61. The average Bonchev–Trinajstić information content (AvgIpc) is 2.71. The minimum Gasteiger partial charge on any atom is -0.490 e. The lowest BCUT2D eigenvalue weighted by molar-refractivity contribution is -0.138.